The van der Waals surface area contributed by atoms with Crippen LogP contribution < -0.4 is 10.4 Å². The van der Waals surface area contributed by atoms with E-state index in [4.69, 9.17) is 0 Å². The van der Waals surface area contributed by atoms with Crippen molar-refractivity contribution in [3.8, 4) is 0 Å². The van der Waals surface area contributed by atoms with Gasteiger partial charge >= 0.3 is 0 Å². The van der Waals surface area contributed by atoms with Crippen molar-refractivity contribution in [3.63, 3.8) is 0 Å². The minimum absolute atomic E-state index is 0.523. The quantitative estimate of drug-likeness (QED) is 0.715. The van der Waals surface area contributed by atoms with Gasteiger partial charge in [-0.3, -0.25) is 0 Å². The van der Waals surface area contributed by atoms with Gasteiger partial charge in [0, 0.05) is 9.04 Å². The Morgan fingerprint density at radius 2 is 1.25 bits per heavy atom. The van der Waals surface area contributed by atoms with Crippen molar-refractivity contribution in [2.24, 2.45) is 0 Å². The van der Waals surface area contributed by atoms with Crippen LogP contribution >= 0.6 is 0 Å². The van der Waals surface area contributed by atoms with Crippen molar-refractivity contribution in [2.45, 2.75) is 13.0 Å². The lowest BCUT2D eigenvalue weighted by atomic mass is 10.4. The van der Waals surface area contributed by atoms with Gasteiger partial charge in [0.1, 0.15) is 8.31 Å². The Hall–Kier alpha value is -1.13. The normalized spacial score (nSPS) is 10.6. The predicted molar refractivity (Wildman–Crippen MR) is 74.1 cm³/mol. The maximum Gasteiger partial charge on any atom is 0.106 e. The van der Waals surface area contributed by atoms with E-state index in [1.807, 2.05) is 0 Å². The van der Waals surface area contributed by atoms with Crippen LogP contribution in [0.5, 0.6) is 0 Å². The summed E-state index contributed by atoms with van der Waals surface area (Å²) in [5.74, 6) is 0. The second kappa shape index (κ2) is 5.82. The van der Waals surface area contributed by atoms with E-state index in [0.29, 0.717) is 0 Å². The van der Waals surface area contributed by atoms with Crippen LogP contribution in [-0.2, 0) is 0 Å². The molecule has 0 nitrogen and oxygen atoms in total. The fraction of sp³-hybridized carbons (Fsp3) is 0.143. The van der Waals surface area contributed by atoms with Crippen LogP contribution in [0.2, 0.25) is 6.04 Å². The first kappa shape index (κ1) is 11.4. The topological polar surface area (TPSA) is 0 Å². The molecular weight excluding hydrogens is 224 g/mol. The second-order valence-electron chi connectivity index (χ2n) is 3.64. The summed E-state index contributed by atoms with van der Waals surface area (Å²) < 4.78 is 0. The molecule has 2 rings (SSSR count). The third-order valence-corrected chi connectivity index (χ3v) is 8.86. The minimum atomic E-state index is -0.523. The van der Waals surface area contributed by atoms with Gasteiger partial charge in [-0.15, -0.1) is 0 Å². The lowest BCUT2D eigenvalue weighted by molar-refractivity contribution is 1.47. The standard InChI is InChI=1S/C14H15Si2/c1-2-15-16(13-9-5-3-6-10-13)14-11-7-4-8-12-14/h3-12H,2H2,1H3. The van der Waals surface area contributed by atoms with E-state index in [1.165, 1.54) is 6.04 Å². The zero-order valence-electron chi connectivity index (χ0n) is 9.48. The molecule has 0 aliphatic rings. The Morgan fingerprint density at radius 3 is 1.62 bits per heavy atom. The maximum atomic E-state index is 2.29. The Kier molecular flexibility index (Phi) is 4.13. The molecule has 0 amide bonds. The molecule has 0 unspecified atom stereocenters. The van der Waals surface area contributed by atoms with Crippen LogP contribution in [0.25, 0.3) is 0 Å². The molecule has 79 valence electrons. The number of hydrogen-bond acceptors (Lipinski definition) is 0. The van der Waals surface area contributed by atoms with Crippen LogP contribution in [0.3, 0.4) is 0 Å². The monoisotopic (exact) mass is 239 g/mol. The van der Waals surface area contributed by atoms with Crippen LogP contribution in [0.4, 0.5) is 0 Å². The zero-order chi connectivity index (χ0) is 11.2. The minimum Gasteiger partial charge on any atom is -0.0684 e. The summed E-state index contributed by atoms with van der Waals surface area (Å²) in [6.45, 7) is 2.29. The van der Waals surface area contributed by atoms with Gasteiger partial charge in [0.15, 0.2) is 0 Å². The summed E-state index contributed by atoms with van der Waals surface area (Å²) in [7, 11) is 0.540. The highest BCUT2D eigenvalue weighted by molar-refractivity contribution is 7.25. The van der Waals surface area contributed by atoms with Gasteiger partial charge in [-0.1, -0.05) is 84.0 Å². The van der Waals surface area contributed by atoms with E-state index in [2.05, 4.69) is 67.6 Å². The lowest BCUT2D eigenvalue weighted by Crippen LogP contribution is -2.47. The molecule has 0 N–H and O–H groups in total. The van der Waals surface area contributed by atoms with Gasteiger partial charge in [0.25, 0.3) is 0 Å². The molecule has 0 atom stereocenters. The summed E-state index contributed by atoms with van der Waals surface area (Å²) in [4.78, 5) is 0. The summed E-state index contributed by atoms with van der Waals surface area (Å²) >= 11 is 0. The number of rotatable bonds is 4. The fourth-order valence-electron chi connectivity index (χ4n) is 1.76. The van der Waals surface area contributed by atoms with Gasteiger partial charge in [-0.05, 0) is 0 Å². The summed E-state index contributed by atoms with van der Waals surface area (Å²) in [5, 5.41) is 3.08. The molecule has 2 heteroatoms. The first-order chi connectivity index (χ1) is 7.92. The number of hydrogen-bond donors (Lipinski definition) is 0. The van der Waals surface area contributed by atoms with Crippen LogP contribution in [0.1, 0.15) is 6.92 Å². The fourth-order valence-corrected chi connectivity index (χ4v) is 7.19. The van der Waals surface area contributed by atoms with Crippen LogP contribution in [-0.4, -0.2) is 17.4 Å². The molecule has 16 heavy (non-hydrogen) atoms. The van der Waals surface area contributed by atoms with Gasteiger partial charge in [-0.25, -0.2) is 0 Å². The molecule has 0 bridgehead atoms. The molecule has 3 radical (unpaired) electrons. The molecule has 0 spiro atoms. The van der Waals surface area contributed by atoms with E-state index in [-0.39, 0.29) is 0 Å². The molecule has 0 aliphatic heterocycles. The van der Waals surface area contributed by atoms with Crippen LogP contribution in [0, 0.1) is 0 Å². The van der Waals surface area contributed by atoms with Crippen molar-refractivity contribution in [3.05, 3.63) is 60.7 Å². The average molecular weight is 239 g/mol. The van der Waals surface area contributed by atoms with Gasteiger partial charge < -0.3 is 0 Å². The molecule has 0 saturated carbocycles. The largest absolute Gasteiger partial charge is 0.106 e. The van der Waals surface area contributed by atoms with Crippen molar-refractivity contribution < 1.29 is 0 Å². The molecule has 2 aromatic rings. The summed E-state index contributed by atoms with van der Waals surface area (Å²) in [5.41, 5.74) is 0. The maximum absolute atomic E-state index is 2.29. The summed E-state index contributed by atoms with van der Waals surface area (Å²) in [6.07, 6.45) is 0. The Morgan fingerprint density at radius 1 is 0.812 bits per heavy atom. The van der Waals surface area contributed by atoms with E-state index in [0.717, 1.165) is 9.04 Å². The number of benzene rings is 2. The third kappa shape index (κ3) is 2.71. The van der Waals surface area contributed by atoms with E-state index < -0.39 is 8.31 Å². The molecule has 0 saturated heterocycles. The highest BCUT2D eigenvalue weighted by atomic mass is 29.2. The highest BCUT2D eigenvalue weighted by Gasteiger charge is 2.15. The van der Waals surface area contributed by atoms with Crippen molar-refractivity contribution in [2.75, 3.05) is 0 Å². The van der Waals surface area contributed by atoms with Gasteiger partial charge in [0.2, 0.25) is 0 Å². The van der Waals surface area contributed by atoms with E-state index in [1.54, 1.807) is 10.4 Å². The summed E-state index contributed by atoms with van der Waals surface area (Å²) in [6, 6.07) is 23.2. The first-order valence-corrected chi connectivity index (χ1v) is 9.34. The smallest absolute Gasteiger partial charge is 0.0684 e. The highest BCUT2D eigenvalue weighted by Crippen LogP contribution is 1.93. The molecule has 0 aliphatic carbocycles. The van der Waals surface area contributed by atoms with Gasteiger partial charge in [0.05, 0.1) is 0 Å². The molecule has 0 fully saturated rings. The van der Waals surface area contributed by atoms with Crippen molar-refractivity contribution in [1.82, 2.24) is 0 Å². The Bertz CT molecular complexity index is 372. The predicted octanol–water partition coefficient (Wildman–Crippen LogP) is 1.93. The Labute approximate surface area is 102 Å². The zero-order valence-corrected chi connectivity index (χ0v) is 11.5. The molecular formula is C14H15Si2. The SMILES string of the molecule is CC[Si][Si](c1ccccc1)c1ccccc1. The lowest BCUT2D eigenvalue weighted by Gasteiger charge is -2.14. The van der Waals surface area contributed by atoms with E-state index in [9.17, 15) is 0 Å². The molecule has 0 aromatic heterocycles. The van der Waals surface area contributed by atoms with Crippen molar-refractivity contribution >= 4 is 27.7 Å². The Balaban J connectivity index is 2.31. The molecule has 0 heterocycles. The average Bonchev–Trinajstić information content (AvgIpc) is 2.38. The van der Waals surface area contributed by atoms with Crippen LogP contribution in [0.15, 0.2) is 60.7 Å². The van der Waals surface area contributed by atoms with E-state index >= 15 is 0 Å². The molecule has 2 aromatic carbocycles. The van der Waals surface area contributed by atoms with Gasteiger partial charge in [-0.2, -0.15) is 0 Å². The second-order valence-corrected chi connectivity index (χ2v) is 9.16. The third-order valence-electron chi connectivity index (χ3n) is 2.48. The van der Waals surface area contributed by atoms with Crippen molar-refractivity contribution in [1.29, 1.82) is 0 Å². The first-order valence-electron chi connectivity index (χ1n) is 5.63.